The van der Waals surface area contributed by atoms with Crippen LogP contribution in [0.4, 0.5) is 0 Å². The summed E-state index contributed by atoms with van der Waals surface area (Å²) in [5.41, 5.74) is 0.770. The van der Waals surface area contributed by atoms with Gasteiger partial charge in [0.1, 0.15) is 0 Å². The number of likely N-dealkylation sites (N-methyl/N-ethyl adjacent to an activating group) is 1. The first-order chi connectivity index (χ1) is 11.3. The summed E-state index contributed by atoms with van der Waals surface area (Å²) in [6.07, 6.45) is 1.53. The molecule has 1 aromatic rings. The third-order valence-corrected chi connectivity index (χ3v) is 5.23. The molecule has 1 aromatic carbocycles. The van der Waals surface area contributed by atoms with E-state index < -0.39 is 11.9 Å². The van der Waals surface area contributed by atoms with Crippen molar-refractivity contribution in [3.63, 3.8) is 0 Å². The van der Waals surface area contributed by atoms with Crippen LogP contribution < -0.4 is 0 Å². The molecule has 1 aliphatic rings. The highest BCUT2D eigenvalue weighted by Crippen LogP contribution is 2.24. The average Bonchev–Trinajstić information content (AvgIpc) is 2.74. The predicted octanol–water partition coefficient (Wildman–Crippen LogP) is 2.79. The molecule has 1 saturated heterocycles. The molecule has 1 aliphatic heterocycles. The minimum Gasteiger partial charge on any atom is -0.481 e. The molecule has 0 aromatic heterocycles. The Balaban J connectivity index is 2.13. The molecule has 0 saturated carbocycles. The Bertz CT molecular complexity index is 622. The third kappa shape index (κ3) is 4.85. The molecule has 0 radical (unpaired) electrons. The van der Waals surface area contributed by atoms with Crippen LogP contribution in [0.25, 0.3) is 0 Å². The molecule has 0 aliphatic carbocycles. The molecule has 1 heterocycles. The summed E-state index contributed by atoms with van der Waals surface area (Å²) in [6, 6.07) is 5.27. The van der Waals surface area contributed by atoms with E-state index in [1.54, 1.807) is 23.1 Å². The third-order valence-electron chi connectivity index (χ3n) is 4.49. The fraction of sp³-hybridized carbons (Fsp3) is 0.529. The molecule has 7 heteroatoms. The zero-order chi connectivity index (χ0) is 17.9. The number of benzene rings is 1. The van der Waals surface area contributed by atoms with Crippen LogP contribution in [-0.4, -0.2) is 60.0 Å². The van der Waals surface area contributed by atoms with Crippen LogP contribution in [0, 0.1) is 5.92 Å². The molecule has 2 rings (SSSR count). The summed E-state index contributed by atoms with van der Waals surface area (Å²) in [5, 5.41) is 10.2. The van der Waals surface area contributed by atoms with Gasteiger partial charge in [-0.25, -0.2) is 0 Å². The highest BCUT2D eigenvalue weighted by Gasteiger charge is 2.31. The van der Waals surface area contributed by atoms with Crippen molar-refractivity contribution in [3.05, 3.63) is 33.8 Å². The van der Waals surface area contributed by atoms with E-state index in [4.69, 9.17) is 23.2 Å². The van der Waals surface area contributed by atoms with E-state index >= 15 is 0 Å². The molecule has 2 atom stereocenters. The van der Waals surface area contributed by atoms with Crippen molar-refractivity contribution >= 4 is 35.1 Å². The maximum atomic E-state index is 12.7. The number of hydrogen-bond acceptors (Lipinski definition) is 3. The van der Waals surface area contributed by atoms with Gasteiger partial charge in [0.25, 0.3) is 0 Å². The Kier molecular flexibility index (Phi) is 6.49. The van der Waals surface area contributed by atoms with Gasteiger partial charge in [0, 0.05) is 19.1 Å². The lowest BCUT2D eigenvalue weighted by molar-refractivity contribution is -0.143. The second kappa shape index (κ2) is 8.19. The zero-order valence-corrected chi connectivity index (χ0v) is 15.3. The first-order valence-corrected chi connectivity index (χ1v) is 8.64. The fourth-order valence-corrected chi connectivity index (χ4v) is 3.25. The second-order valence-electron chi connectivity index (χ2n) is 6.45. The van der Waals surface area contributed by atoms with Crippen molar-refractivity contribution in [3.8, 4) is 0 Å². The number of likely N-dealkylation sites (tertiary alicyclic amines) is 1. The van der Waals surface area contributed by atoms with Crippen molar-refractivity contribution in [1.29, 1.82) is 0 Å². The molecule has 0 spiro atoms. The molecule has 0 bridgehead atoms. The van der Waals surface area contributed by atoms with Gasteiger partial charge in [0.05, 0.1) is 22.4 Å². The van der Waals surface area contributed by atoms with Gasteiger partial charge in [-0.05, 0) is 44.6 Å². The molecular formula is C17H22Cl2N2O3. The number of rotatable bonds is 4. The molecule has 1 fully saturated rings. The number of carboxylic acid groups (broad SMARTS) is 1. The largest absolute Gasteiger partial charge is 0.481 e. The SMILES string of the molecule is CN(C)[C@@H]1CC[C@H](C(=O)O)CN(C(=O)Cc2ccc(Cl)c(Cl)c2)C1. The van der Waals surface area contributed by atoms with Gasteiger partial charge in [0.15, 0.2) is 0 Å². The van der Waals surface area contributed by atoms with Crippen molar-refractivity contribution < 1.29 is 14.7 Å². The van der Waals surface area contributed by atoms with Crippen LogP contribution in [0.2, 0.25) is 10.0 Å². The highest BCUT2D eigenvalue weighted by atomic mass is 35.5. The molecule has 132 valence electrons. The summed E-state index contributed by atoms with van der Waals surface area (Å²) < 4.78 is 0. The lowest BCUT2D eigenvalue weighted by atomic mass is 10.0. The topological polar surface area (TPSA) is 60.9 Å². The Morgan fingerprint density at radius 2 is 1.92 bits per heavy atom. The molecular weight excluding hydrogens is 351 g/mol. The highest BCUT2D eigenvalue weighted by molar-refractivity contribution is 6.42. The van der Waals surface area contributed by atoms with Crippen LogP contribution in [-0.2, 0) is 16.0 Å². The number of hydrogen-bond donors (Lipinski definition) is 1. The van der Waals surface area contributed by atoms with E-state index in [0.717, 1.165) is 12.0 Å². The first kappa shape index (κ1) is 19.0. The smallest absolute Gasteiger partial charge is 0.308 e. The Hall–Kier alpha value is -1.30. The molecule has 0 unspecified atom stereocenters. The van der Waals surface area contributed by atoms with E-state index in [-0.39, 0.29) is 24.9 Å². The van der Waals surface area contributed by atoms with Crippen molar-refractivity contribution in [2.75, 3.05) is 27.2 Å². The van der Waals surface area contributed by atoms with Crippen LogP contribution in [0.5, 0.6) is 0 Å². The normalized spacial score (nSPS) is 21.6. The monoisotopic (exact) mass is 372 g/mol. The fourth-order valence-electron chi connectivity index (χ4n) is 2.93. The molecule has 1 amide bonds. The van der Waals surface area contributed by atoms with E-state index in [9.17, 15) is 14.7 Å². The Labute approximate surface area is 152 Å². The number of aliphatic carboxylic acids is 1. The number of carbonyl (C=O) groups excluding carboxylic acids is 1. The standard InChI is InChI=1S/C17H22Cl2N2O3/c1-20(2)13-5-4-12(17(23)24)9-21(10-13)16(22)8-11-3-6-14(18)15(19)7-11/h3,6-7,12-13H,4-5,8-10H2,1-2H3,(H,23,24)/t12-,13+/m0/s1. The van der Waals surface area contributed by atoms with E-state index in [1.165, 1.54) is 0 Å². The maximum absolute atomic E-state index is 12.7. The number of nitrogens with zero attached hydrogens (tertiary/aromatic N) is 2. The van der Waals surface area contributed by atoms with Crippen LogP contribution >= 0.6 is 23.2 Å². The van der Waals surface area contributed by atoms with E-state index in [1.807, 2.05) is 19.0 Å². The quantitative estimate of drug-likeness (QED) is 0.882. The van der Waals surface area contributed by atoms with Crippen LogP contribution in [0.1, 0.15) is 18.4 Å². The molecule has 5 nitrogen and oxygen atoms in total. The van der Waals surface area contributed by atoms with E-state index in [0.29, 0.717) is 23.0 Å². The number of carboxylic acids is 1. The second-order valence-corrected chi connectivity index (χ2v) is 7.27. The minimum absolute atomic E-state index is 0.0895. The van der Waals surface area contributed by atoms with Gasteiger partial charge >= 0.3 is 5.97 Å². The van der Waals surface area contributed by atoms with E-state index in [2.05, 4.69) is 0 Å². The van der Waals surface area contributed by atoms with Crippen molar-refractivity contribution in [2.45, 2.75) is 25.3 Å². The molecule has 1 N–H and O–H groups in total. The average molecular weight is 373 g/mol. The van der Waals surface area contributed by atoms with Gasteiger partial charge < -0.3 is 14.9 Å². The lowest BCUT2D eigenvalue weighted by Crippen LogP contribution is -2.43. The van der Waals surface area contributed by atoms with Gasteiger partial charge in [-0.2, -0.15) is 0 Å². The number of amides is 1. The van der Waals surface area contributed by atoms with Crippen molar-refractivity contribution in [1.82, 2.24) is 9.80 Å². The van der Waals surface area contributed by atoms with Crippen molar-refractivity contribution in [2.24, 2.45) is 5.92 Å². The number of halogens is 2. The summed E-state index contributed by atoms with van der Waals surface area (Å²) in [4.78, 5) is 27.8. The maximum Gasteiger partial charge on any atom is 0.308 e. The predicted molar refractivity (Wildman–Crippen MR) is 94.6 cm³/mol. The first-order valence-electron chi connectivity index (χ1n) is 7.89. The molecule has 24 heavy (non-hydrogen) atoms. The lowest BCUT2D eigenvalue weighted by Gasteiger charge is -2.29. The Morgan fingerprint density at radius 3 is 2.50 bits per heavy atom. The van der Waals surface area contributed by atoms with Crippen LogP contribution in [0.3, 0.4) is 0 Å². The number of carbonyl (C=O) groups is 2. The van der Waals surface area contributed by atoms with Gasteiger partial charge in [-0.1, -0.05) is 29.3 Å². The zero-order valence-electron chi connectivity index (χ0n) is 13.8. The van der Waals surface area contributed by atoms with Gasteiger partial charge in [-0.15, -0.1) is 0 Å². The summed E-state index contributed by atoms with van der Waals surface area (Å²) in [6.45, 7) is 0.788. The Morgan fingerprint density at radius 1 is 1.21 bits per heavy atom. The summed E-state index contributed by atoms with van der Waals surface area (Å²) >= 11 is 11.9. The minimum atomic E-state index is -0.846. The summed E-state index contributed by atoms with van der Waals surface area (Å²) in [7, 11) is 3.90. The van der Waals surface area contributed by atoms with Crippen LogP contribution in [0.15, 0.2) is 18.2 Å². The van der Waals surface area contributed by atoms with Gasteiger partial charge in [0.2, 0.25) is 5.91 Å². The summed E-state index contributed by atoms with van der Waals surface area (Å²) in [5.74, 6) is -1.46. The van der Waals surface area contributed by atoms with Gasteiger partial charge in [-0.3, -0.25) is 9.59 Å².